The van der Waals surface area contributed by atoms with E-state index in [0.717, 1.165) is 18.4 Å². The van der Waals surface area contributed by atoms with Crippen LogP contribution in [-0.2, 0) is 6.54 Å². The molecule has 2 aliphatic heterocycles. The van der Waals surface area contributed by atoms with E-state index in [2.05, 4.69) is 85.3 Å². The van der Waals surface area contributed by atoms with Gasteiger partial charge in [-0.05, 0) is 112 Å². The maximum Gasteiger partial charge on any atom is 0.0233 e. The van der Waals surface area contributed by atoms with E-state index in [1.807, 2.05) is 0 Å². The van der Waals surface area contributed by atoms with Crippen LogP contribution in [0.4, 0.5) is 0 Å². The van der Waals surface area contributed by atoms with Gasteiger partial charge in [-0.15, -0.1) is 0 Å². The first-order valence-corrected chi connectivity index (χ1v) is 13.2. The van der Waals surface area contributed by atoms with Gasteiger partial charge in [-0.1, -0.05) is 68.4 Å². The Morgan fingerprint density at radius 2 is 1.38 bits per heavy atom. The van der Waals surface area contributed by atoms with Crippen LogP contribution >= 0.6 is 0 Å². The van der Waals surface area contributed by atoms with Crippen LogP contribution < -0.4 is 0 Å². The van der Waals surface area contributed by atoms with Crippen molar-refractivity contribution in [2.24, 2.45) is 11.8 Å². The van der Waals surface area contributed by atoms with E-state index in [9.17, 15) is 0 Å². The van der Waals surface area contributed by atoms with Gasteiger partial charge in [0.2, 0.25) is 0 Å². The van der Waals surface area contributed by atoms with Crippen molar-refractivity contribution >= 4 is 0 Å². The van der Waals surface area contributed by atoms with Crippen molar-refractivity contribution in [3.8, 4) is 0 Å². The average molecular weight is 433 g/mol. The molecule has 0 aliphatic carbocycles. The molecule has 2 aromatic carbocycles. The molecule has 0 bridgehead atoms. The van der Waals surface area contributed by atoms with E-state index < -0.39 is 0 Å². The molecular weight excluding hydrogens is 388 g/mol. The molecule has 4 rings (SSSR count). The van der Waals surface area contributed by atoms with Crippen LogP contribution in [0.1, 0.15) is 80.9 Å². The second kappa shape index (κ2) is 11.5. The zero-order valence-electron chi connectivity index (χ0n) is 20.7. The molecule has 2 saturated heterocycles. The van der Waals surface area contributed by atoms with Crippen LogP contribution in [0.15, 0.2) is 54.6 Å². The Labute approximate surface area is 197 Å². The molecule has 0 N–H and O–H groups in total. The fourth-order valence-corrected chi connectivity index (χ4v) is 6.12. The first-order chi connectivity index (χ1) is 15.6. The Balaban J connectivity index is 1.25. The van der Waals surface area contributed by atoms with Crippen molar-refractivity contribution in [1.82, 2.24) is 9.80 Å². The molecule has 0 spiro atoms. The quantitative estimate of drug-likeness (QED) is 0.446. The first-order valence-electron chi connectivity index (χ1n) is 13.2. The molecule has 2 aliphatic rings. The second-order valence-corrected chi connectivity index (χ2v) is 10.6. The summed E-state index contributed by atoms with van der Waals surface area (Å²) in [5, 5.41) is 0. The molecule has 2 heteroatoms. The van der Waals surface area contributed by atoms with Gasteiger partial charge < -0.3 is 4.90 Å². The van der Waals surface area contributed by atoms with E-state index in [1.54, 1.807) is 0 Å². The summed E-state index contributed by atoms with van der Waals surface area (Å²) in [4.78, 5) is 5.19. The average Bonchev–Trinajstić information content (AvgIpc) is 2.84. The summed E-state index contributed by atoms with van der Waals surface area (Å²) in [7, 11) is 2.27. The molecule has 0 amide bonds. The predicted molar refractivity (Wildman–Crippen MR) is 137 cm³/mol. The van der Waals surface area contributed by atoms with Crippen LogP contribution in [0, 0.1) is 11.8 Å². The van der Waals surface area contributed by atoms with Crippen LogP contribution in [0.2, 0.25) is 0 Å². The van der Waals surface area contributed by atoms with Crippen LogP contribution in [0.25, 0.3) is 0 Å². The highest BCUT2D eigenvalue weighted by Crippen LogP contribution is 2.34. The molecule has 2 heterocycles. The van der Waals surface area contributed by atoms with Gasteiger partial charge in [-0.2, -0.15) is 0 Å². The Morgan fingerprint density at radius 3 is 1.97 bits per heavy atom. The molecule has 2 aromatic rings. The van der Waals surface area contributed by atoms with Gasteiger partial charge in [0, 0.05) is 6.54 Å². The van der Waals surface area contributed by atoms with E-state index in [-0.39, 0.29) is 0 Å². The smallest absolute Gasteiger partial charge is 0.0233 e. The molecule has 32 heavy (non-hydrogen) atoms. The van der Waals surface area contributed by atoms with E-state index in [4.69, 9.17) is 0 Å². The topological polar surface area (TPSA) is 6.48 Å². The number of likely N-dealkylation sites (tertiary alicyclic amines) is 2. The number of rotatable bonds is 8. The minimum atomic E-state index is 0.597. The lowest BCUT2D eigenvalue weighted by Crippen LogP contribution is -2.39. The fraction of sp³-hybridized carbons (Fsp3) is 0.600. The Morgan fingerprint density at radius 1 is 0.781 bits per heavy atom. The van der Waals surface area contributed by atoms with Crippen LogP contribution in [0.5, 0.6) is 0 Å². The molecule has 2 nitrogen and oxygen atoms in total. The fourth-order valence-electron chi connectivity index (χ4n) is 6.12. The third-order valence-electron chi connectivity index (χ3n) is 8.42. The zero-order chi connectivity index (χ0) is 22.3. The van der Waals surface area contributed by atoms with Crippen molar-refractivity contribution < 1.29 is 0 Å². The Bertz CT molecular complexity index is 783. The minimum Gasteiger partial charge on any atom is -0.306 e. The third kappa shape index (κ3) is 6.23. The normalized spacial score (nSPS) is 21.5. The highest BCUT2D eigenvalue weighted by Gasteiger charge is 2.28. The largest absolute Gasteiger partial charge is 0.306 e. The highest BCUT2D eigenvalue weighted by molar-refractivity contribution is 5.27. The summed E-state index contributed by atoms with van der Waals surface area (Å²) in [6.07, 6.45) is 8.08. The monoisotopic (exact) mass is 432 g/mol. The minimum absolute atomic E-state index is 0.597. The lowest BCUT2D eigenvalue weighted by molar-refractivity contribution is 0.102. The summed E-state index contributed by atoms with van der Waals surface area (Å²) in [6.45, 7) is 11.0. The number of hydrogen-bond donors (Lipinski definition) is 0. The number of nitrogens with zero attached hydrogens (tertiary/aromatic N) is 2. The molecule has 174 valence electrons. The van der Waals surface area contributed by atoms with Gasteiger partial charge >= 0.3 is 0 Å². The predicted octanol–water partition coefficient (Wildman–Crippen LogP) is 6.93. The maximum atomic E-state index is 2.69. The number of benzene rings is 2. The standard InChI is InChI=1S/C30H44N2/c1-4-26(28-8-6-5-7-9-28)22-24(2)27-12-10-25(11-13-27)23-32-20-16-30(17-21-32)29-14-18-31(3)19-15-29/h5-13,24,26,29-30H,4,14-23H2,1-3H3. The van der Waals surface area contributed by atoms with Gasteiger partial charge in [0.1, 0.15) is 0 Å². The second-order valence-electron chi connectivity index (χ2n) is 10.6. The third-order valence-corrected chi connectivity index (χ3v) is 8.42. The van der Waals surface area contributed by atoms with Crippen molar-refractivity contribution in [1.29, 1.82) is 0 Å². The summed E-state index contributed by atoms with van der Waals surface area (Å²) in [6, 6.07) is 20.6. The van der Waals surface area contributed by atoms with Crippen molar-refractivity contribution in [2.45, 2.75) is 70.8 Å². The summed E-state index contributed by atoms with van der Waals surface area (Å²) in [5.41, 5.74) is 4.46. The number of hydrogen-bond acceptors (Lipinski definition) is 2. The SMILES string of the molecule is CCC(CC(C)c1ccc(CN2CCC(C3CCN(C)CC3)CC2)cc1)c1ccccc1. The van der Waals surface area contributed by atoms with Crippen LogP contribution in [-0.4, -0.2) is 43.0 Å². The van der Waals surface area contributed by atoms with Crippen molar-refractivity contribution in [3.05, 3.63) is 71.3 Å². The summed E-state index contributed by atoms with van der Waals surface area (Å²) in [5.74, 6) is 3.20. The molecule has 2 atom stereocenters. The lowest BCUT2D eigenvalue weighted by Gasteiger charge is -2.39. The van der Waals surface area contributed by atoms with Crippen molar-refractivity contribution in [2.75, 3.05) is 33.2 Å². The molecular formula is C30H44N2. The van der Waals surface area contributed by atoms with Crippen LogP contribution in [0.3, 0.4) is 0 Å². The van der Waals surface area contributed by atoms with E-state index >= 15 is 0 Å². The number of piperidine rings is 2. The van der Waals surface area contributed by atoms with E-state index in [0.29, 0.717) is 11.8 Å². The Hall–Kier alpha value is -1.64. The Kier molecular flexibility index (Phi) is 8.43. The molecule has 0 saturated carbocycles. The molecule has 2 unspecified atom stereocenters. The lowest BCUT2D eigenvalue weighted by atomic mass is 9.79. The maximum absolute atomic E-state index is 2.69. The van der Waals surface area contributed by atoms with Gasteiger partial charge in [-0.25, -0.2) is 0 Å². The molecule has 0 aromatic heterocycles. The zero-order valence-corrected chi connectivity index (χ0v) is 20.7. The molecule has 2 fully saturated rings. The molecule has 0 radical (unpaired) electrons. The van der Waals surface area contributed by atoms with Gasteiger partial charge in [0.15, 0.2) is 0 Å². The highest BCUT2D eigenvalue weighted by atomic mass is 15.1. The summed E-state index contributed by atoms with van der Waals surface area (Å²) < 4.78 is 0. The van der Waals surface area contributed by atoms with E-state index in [1.165, 1.54) is 81.4 Å². The van der Waals surface area contributed by atoms with Gasteiger partial charge in [0.05, 0.1) is 0 Å². The van der Waals surface area contributed by atoms with Gasteiger partial charge in [0.25, 0.3) is 0 Å². The first kappa shape index (κ1) is 23.5. The van der Waals surface area contributed by atoms with Gasteiger partial charge in [-0.3, -0.25) is 4.90 Å². The summed E-state index contributed by atoms with van der Waals surface area (Å²) >= 11 is 0. The van der Waals surface area contributed by atoms with Crippen molar-refractivity contribution in [3.63, 3.8) is 0 Å².